The second-order valence-corrected chi connectivity index (χ2v) is 4.54. The standard InChI is InChI=1S/C15H23NO/c1-12(2)15(10-16-3)9-13-7-5-6-8-14(13)11-17-4/h5-9,12,16H,10-11H2,1-4H3. The van der Waals surface area contributed by atoms with Crippen LogP contribution in [0, 0.1) is 5.92 Å². The molecule has 0 aromatic heterocycles. The summed E-state index contributed by atoms with van der Waals surface area (Å²) in [7, 11) is 3.72. The van der Waals surface area contributed by atoms with Gasteiger partial charge in [-0.15, -0.1) is 0 Å². The zero-order valence-electron chi connectivity index (χ0n) is 11.3. The molecule has 0 bridgehead atoms. The molecule has 0 aliphatic rings. The van der Waals surface area contributed by atoms with Crippen LogP contribution in [-0.4, -0.2) is 20.7 Å². The molecule has 0 radical (unpaired) electrons. The van der Waals surface area contributed by atoms with E-state index in [0.29, 0.717) is 12.5 Å². The molecule has 1 aromatic rings. The lowest BCUT2D eigenvalue weighted by molar-refractivity contribution is 0.184. The third-order valence-electron chi connectivity index (χ3n) is 2.82. The lowest BCUT2D eigenvalue weighted by atomic mass is 9.98. The van der Waals surface area contributed by atoms with Gasteiger partial charge in [-0.2, -0.15) is 0 Å². The van der Waals surface area contributed by atoms with E-state index in [9.17, 15) is 0 Å². The van der Waals surface area contributed by atoms with Crippen LogP contribution in [0.2, 0.25) is 0 Å². The van der Waals surface area contributed by atoms with Crippen molar-refractivity contribution in [3.05, 3.63) is 41.0 Å². The molecule has 0 aliphatic heterocycles. The van der Waals surface area contributed by atoms with E-state index in [4.69, 9.17) is 4.74 Å². The van der Waals surface area contributed by atoms with Gasteiger partial charge in [0.15, 0.2) is 0 Å². The first-order valence-corrected chi connectivity index (χ1v) is 6.11. The number of methoxy groups -OCH3 is 1. The van der Waals surface area contributed by atoms with Gasteiger partial charge in [-0.1, -0.05) is 49.8 Å². The van der Waals surface area contributed by atoms with Crippen molar-refractivity contribution in [3.63, 3.8) is 0 Å². The highest BCUT2D eigenvalue weighted by Gasteiger charge is 2.04. The summed E-state index contributed by atoms with van der Waals surface area (Å²) >= 11 is 0. The molecule has 1 rings (SSSR count). The van der Waals surface area contributed by atoms with Crippen LogP contribution in [0.15, 0.2) is 29.8 Å². The third kappa shape index (κ3) is 4.33. The Labute approximate surface area is 105 Å². The molecule has 0 aliphatic carbocycles. The van der Waals surface area contributed by atoms with Crippen molar-refractivity contribution in [2.24, 2.45) is 5.92 Å². The van der Waals surface area contributed by atoms with E-state index in [1.54, 1.807) is 7.11 Å². The van der Waals surface area contributed by atoms with Crippen LogP contribution in [0.1, 0.15) is 25.0 Å². The summed E-state index contributed by atoms with van der Waals surface area (Å²) in [6.07, 6.45) is 2.27. The Balaban J connectivity index is 3.01. The number of likely N-dealkylation sites (N-methyl/N-ethyl adjacent to an activating group) is 1. The highest BCUT2D eigenvalue weighted by Crippen LogP contribution is 2.18. The Kier molecular flexibility index (Phi) is 5.95. The van der Waals surface area contributed by atoms with Gasteiger partial charge in [-0.05, 0) is 24.1 Å². The average Bonchev–Trinajstić information content (AvgIpc) is 2.31. The van der Waals surface area contributed by atoms with Gasteiger partial charge >= 0.3 is 0 Å². The molecule has 0 atom stereocenters. The minimum Gasteiger partial charge on any atom is -0.380 e. The van der Waals surface area contributed by atoms with E-state index in [2.05, 4.69) is 49.5 Å². The van der Waals surface area contributed by atoms with Gasteiger partial charge in [-0.3, -0.25) is 0 Å². The van der Waals surface area contributed by atoms with Gasteiger partial charge in [0, 0.05) is 13.7 Å². The largest absolute Gasteiger partial charge is 0.380 e. The second-order valence-electron chi connectivity index (χ2n) is 4.54. The van der Waals surface area contributed by atoms with E-state index in [-0.39, 0.29) is 0 Å². The maximum atomic E-state index is 5.23. The summed E-state index contributed by atoms with van der Waals surface area (Å²) in [5, 5.41) is 3.22. The summed E-state index contributed by atoms with van der Waals surface area (Å²) in [5.74, 6) is 0.554. The van der Waals surface area contributed by atoms with E-state index in [1.807, 2.05) is 7.05 Å². The molecular weight excluding hydrogens is 210 g/mol. The normalized spacial score (nSPS) is 12.2. The summed E-state index contributed by atoms with van der Waals surface area (Å²) in [6, 6.07) is 8.39. The quantitative estimate of drug-likeness (QED) is 0.815. The molecule has 0 fully saturated rings. The summed E-state index contributed by atoms with van der Waals surface area (Å²) in [5.41, 5.74) is 3.91. The zero-order chi connectivity index (χ0) is 12.7. The van der Waals surface area contributed by atoms with Crippen molar-refractivity contribution >= 4 is 6.08 Å². The van der Waals surface area contributed by atoms with Crippen LogP contribution >= 0.6 is 0 Å². The molecule has 0 heterocycles. The van der Waals surface area contributed by atoms with Gasteiger partial charge in [0.25, 0.3) is 0 Å². The molecular formula is C15H23NO. The number of hydrogen-bond donors (Lipinski definition) is 1. The van der Waals surface area contributed by atoms with Gasteiger partial charge < -0.3 is 10.1 Å². The molecule has 1 aromatic carbocycles. The summed E-state index contributed by atoms with van der Waals surface area (Å²) in [4.78, 5) is 0. The van der Waals surface area contributed by atoms with Crippen LogP contribution in [0.4, 0.5) is 0 Å². The van der Waals surface area contributed by atoms with Crippen molar-refractivity contribution in [2.75, 3.05) is 20.7 Å². The van der Waals surface area contributed by atoms with E-state index in [1.165, 1.54) is 16.7 Å². The number of hydrogen-bond acceptors (Lipinski definition) is 2. The van der Waals surface area contributed by atoms with Gasteiger partial charge in [-0.25, -0.2) is 0 Å². The van der Waals surface area contributed by atoms with Crippen molar-refractivity contribution in [2.45, 2.75) is 20.5 Å². The number of benzene rings is 1. The Morgan fingerprint density at radius 3 is 2.65 bits per heavy atom. The van der Waals surface area contributed by atoms with Crippen LogP contribution in [0.5, 0.6) is 0 Å². The fourth-order valence-electron chi connectivity index (χ4n) is 1.79. The zero-order valence-corrected chi connectivity index (χ0v) is 11.3. The van der Waals surface area contributed by atoms with Crippen molar-refractivity contribution in [1.29, 1.82) is 0 Å². The lowest BCUT2D eigenvalue weighted by Crippen LogP contribution is -2.14. The average molecular weight is 233 g/mol. The van der Waals surface area contributed by atoms with Crippen molar-refractivity contribution < 1.29 is 4.74 Å². The fraction of sp³-hybridized carbons (Fsp3) is 0.467. The molecule has 2 heteroatoms. The van der Waals surface area contributed by atoms with Gasteiger partial charge in [0.05, 0.1) is 6.61 Å². The molecule has 0 saturated carbocycles. The summed E-state index contributed by atoms with van der Waals surface area (Å²) in [6.45, 7) is 6.04. The first-order chi connectivity index (χ1) is 8.19. The van der Waals surface area contributed by atoms with Crippen LogP contribution in [0.3, 0.4) is 0 Å². The van der Waals surface area contributed by atoms with Gasteiger partial charge in [0.2, 0.25) is 0 Å². The van der Waals surface area contributed by atoms with Gasteiger partial charge in [0.1, 0.15) is 0 Å². The predicted octanol–water partition coefficient (Wildman–Crippen LogP) is 3.09. The van der Waals surface area contributed by atoms with Crippen molar-refractivity contribution in [1.82, 2.24) is 5.32 Å². The minimum atomic E-state index is 0.554. The first kappa shape index (κ1) is 13.9. The number of rotatable bonds is 6. The third-order valence-corrected chi connectivity index (χ3v) is 2.82. The Morgan fingerprint density at radius 1 is 1.35 bits per heavy atom. The second kappa shape index (κ2) is 7.25. The smallest absolute Gasteiger partial charge is 0.0718 e. The van der Waals surface area contributed by atoms with E-state index < -0.39 is 0 Å². The summed E-state index contributed by atoms with van der Waals surface area (Å²) < 4.78 is 5.23. The van der Waals surface area contributed by atoms with Crippen LogP contribution in [-0.2, 0) is 11.3 Å². The number of ether oxygens (including phenoxy) is 1. The SMILES string of the molecule is CNCC(=Cc1ccccc1COC)C(C)C. The minimum absolute atomic E-state index is 0.554. The number of nitrogens with one attached hydrogen (secondary N) is 1. The van der Waals surface area contributed by atoms with E-state index in [0.717, 1.165) is 6.54 Å². The highest BCUT2D eigenvalue weighted by atomic mass is 16.5. The maximum Gasteiger partial charge on any atom is 0.0718 e. The molecule has 0 unspecified atom stereocenters. The Morgan fingerprint density at radius 2 is 2.06 bits per heavy atom. The molecule has 94 valence electrons. The Hall–Kier alpha value is -1.12. The fourth-order valence-corrected chi connectivity index (χ4v) is 1.79. The highest BCUT2D eigenvalue weighted by molar-refractivity contribution is 5.57. The monoisotopic (exact) mass is 233 g/mol. The molecule has 1 N–H and O–H groups in total. The van der Waals surface area contributed by atoms with Crippen molar-refractivity contribution in [3.8, 4) is 0 Å². The predicted molar refractivity (Wildman–Crippen MR) is 73.9 cm³/mol. The molecule has 0 saturated heterocycles. The lowest BCUT2D eigenvalue weighted by Gasteiger charge is -2.12. The van der Waals surface area contributed by atoms with E-state index >= 15 is 0 Å². The van der Waals surface area contributed by atoms with Crippen LogP contribution in [0.25, 0.3) is 6.08 Å². The van der Waals surface area contributed by atoms with Crippen LogP contribution < -0.4 is 5.32 Å². The Bertz CT molecular complexity index is 369. The molecule has 17 heavy (non-hydrogen) atoms. The molecule has 0 amide bonds. The molecule has 2 nitrogen and oxygen atoms in total. The maximum absolute atomic E-state index is 5.23. The molecule has 0 spiro atoms. The topological polar surface area (TPSA) is 21.3 Å². The first-order valence-electron chi connectivity index (χ1n) is 6.11.